The van der Waals surface area contributed by atoms with Crippen LogP contribution in [0.5, 0.6) is 0 Å². The third-order valence-corrected chi connectivity index (χ3v) is 4.87. The SMILES string of the molecule is CCOCCS(=O)(=O)NCC(=O)N1CC(C)CCC1C. The van der Waals surface area contributed by atoms with Gasteiger partial charge >= 0.3 is 0 Å². The summed E-state index contributed by atoms with van der Waals surface area (Å²) < 4.78 is 30.7. The Bertz CT molecular complexity index is 411. The average molecular weight is 306 g/mol. The fourth-order valence-corrected chi connectivity index (χ4v) is 3.12. The maximum absolute atomic E-state index is 12.1. The van der Waals surface area contributed by atoms with Gasteiger partial charge in [0, 0.05) is 19.2 Å². The van der Waals surface area contributed by atoms with Crippen LogP contribution >= 0.6 is 0 Å². The summed E-state index contributed by atoms with van der Waals surface area (Å²) in [6.45, 7) is 7.11. The fraction of sp³-hybridized carbons (Fsp3) is 0.923. The normalized spacial score (nSPS) is 23.9. The van der Waals surface area contributed by atoms with Gasteiger partial charge in [-0.25, -0.2) is 13.1 Å². The first-order chi connectivity index (χ1) is 9.35. The minimum absolute atomic E-state index is 0.111. The summed E-state index contributed by atoms with van der Waals surface area (Å²) in [5.74, 6) is 0.217. The number of likely N-dealkylation sites (tertiary alicyclic amines) is 1. The smallest absolute Gasteiger partial charge is 0.237 e. The largest absolute Gasteiger partial charge is 0.381 e. The van der Waals surface area contributed by atoms with E-state index in [1.807, 2.05) is 13.8 Å². The molecule has 1 heterocycles. The second kappa shape index (κ2) is 7.95. The van der Waals surface area contributed by atoms with Crippen molar-refractivity contribution in [1.29, 1.82) is 0 Å². The van der Waals surface area contributed by atoms with Crippen LogP contribution in [0.25, 0.3) is 0 Å². The monoisotopic (exact) mass is 306 g/mol. The maximum Gasteiger partial charge on any atom is 0.237 e. The van der Waals surface area contributed by atoms with Crippen LogP contribution in [0.1, 0.15) is 33.6 Å². The second-order valence-electron chi connectivity index (χ2n) is 5.41. The Morgan fingerprint density at radius 2 is 2.05 bits per heavy atom. The van der Waals surface area contributed by atoms with E-state index < -0.39 is 10.0 Å². The Hall–Kier alpha value is -0.660. The quantitative estimate of drug-likeness (QED) is 0.699. The van der Waals surface area contributed by atoms with Gasteiger partial charge in [-0.2, -0.15) is 0 Å². The number of nitrogens with zero attached hydrogens (tertiary/aromatic N) is 1. The first kappa shape index (κ1) is 17.4. The van der Waals surface area contributed by atoms with Crippen molar-refractivity contribution in [2.24, 2.45) is 5.92 Å². The molecule has 1 aliphatic heterocycles. The molecule has 1 N–H and O–H groups in total. The molecule has 0 aliphatic carbocycles. The minimum Gasteiger partial charge on any atom is -0.381 e. The third-order valence-electron chi connectivity index (χ3n) is 3.58. The Balaban J connectivity index is 2.41. The molecule has 0 radical (unpaired) electrons. The number of rotatable bonds is 7. The molecule has 2 unspecified atom stereocenters. The van der Waals surface area contributed by atoms with Gasteiger partial charge in [0.05, 0.1) is 18.9 Å². The molecule has 0 aromatic heterocycles. The molecule has 2 atom stereocenters. The molecule has 0 aromatic rings. The molecule has 1 aliphatic rings. The van der Waals surface area contributed by atoms with Gasteiger partial charge in [-0.05, 0) is 32.6 Å². The van der Waals surface area contributed by atoms with Crippen LogP contribution in [-0.2, 0) is 19.6 Å². The van der Waals surface area contributed by atoms with Crippen molar-refractivity contribution in [3.63, 3.8) is 0 Å². The topological polar surface area (TPSA) is 75.7 Å². The predicted octanol–water partition coefficient (Wildman–Crippen LogP) is 0.589. The summed E-state index contributed by atoms with van der Waals surface area (Å²) in [7, 11) is -3.44. The Morgan fingerprint density at radius 3 is 2.70 bits per heavy atom. The zero-order valence-electron chi connectivity index (χ0n) is 12.6. The summed E-state index contributed by atoms with van der Waals surface area (Å²) in [6, 6.07) is 0.187. The van der Waals surface area contributed by atoms with Gasteiger partial charge in [-0.15, -0.1) is 0 Å². The summed E-state index contributed by atoms with van der Waals surface area (Å²) in [6.07, 6.45) is 2.09. The van der Waals surface area contributed by atoms with E-state index in [4.69, 9.17) is 4.74 Å². The summed E-state index contributed by atoms with van der Waals surface area (Å²) in [5.41, 5.74) is 0. The molecule has 118 valence electrons. The molecule has 6 nitrogen and oxygen atoms in total. The molecule has 1 fully saturated rings. The molecule has 1 rings (SSSR count). The number of amides is 1. The van der Waals surface area contributed by atoms with Crippen molar-refractivity contribution in [1.82, 2.24) is 9.62 Å². The second-order valence-corrected chi connectivity index (χ2v) is 7.34. The van der Waals surface area contributed by atoms with E-state index >= 15 is 0 Å². The summed E-state index contributed by atoms with van der Waals surface area (Å²) in [5, 5.41) is 0. The van der Waals surface area contributed by atoms with Gasteiger partial charge in [-0.3, -0.25) is 4.79 Å². The van der Waals surface area contributed by atoms with Crippen LogP contribution < -0.4 is 4.72 Å². The van der Waals surface area contributed by atoms with E-state index in [0.29, 0.717) is 19.1 Å². The molecular formula is C13H26N2O4S. The van der Waals surface area contributed by atoms with Crippen LogP contribution in [0.15, 0.2) is 0 Å². The molecule has 7 heteroatoms. The number of carbonyl (C=O) groups is 1. The molecular weight excluding hydrogens is 280 g/mol. The molecule has 0 aromatic carbocycles. The molecule has 20 heavy (non-hydrogen) atoms. The molecule has 0 saturated carbocycles. The van der Waals surface area contributed by atoms with Crippen LogP contribution in [0.4, 0.5) is 0 Å². The Labute approximate surface area is 121 Å². The third kappa shape index (κ3) is 5.76. The first-order valence-electron chi connectivity index (χ1n) is 7.20. The van der Waals surface area contributed by atoms with Crippen LogP contribution in [0.3, 0.4) is 0 Å². The van der Waals surface area contributed by atoms with E-state index in [9.17, 15) is 13.2 Å². The number of hydrogen-bond acceptors (Lipinski definition) is 4. The van der Waals surface area contributed by atoms with Crippen molar-refractivity contribution in [3.8, 4) is 0 Å². The number of ether oxygens (including phenoxy) is 1. The van der Waals surface area contributed by atoms with Crippen molar-refractivity contribution < 1.29 is 17.9 Å². The van der Waals surface area contributed by atoms with Crippen molar-refractivity contribution in [2.75, 3.05) is 32.1 Å². The highest BCUT2D eigenvalue weighted by Crippen LogP contribution is 2.21. The van der Waals surface area contributed by atoms with E-state index in [-0.39, 0.29) is 30.9 Å². The predicted molar refractivity (Wildman–Crippen MR) is 77.9 cm³/mol. The highest BCUT2D eigenvalue weighted by molar-refractivity contribution is 7.89. The molecule has 0 bridgehead atoms. The van der Waals surface area contributed by atoms with Crippen LogP contribution in [0.2, 0.25) is 0 Å². The van der Waals surface area contributed by atoms with Crippen LogP contribution in [0, 0.1) is 5.92 Å². The lowest BCUT2D eigenvalue weighted by Gasteiger charge is -2.36. The Morgan fingerprint density at radius 1 is 1.35 bits per heavy atom. The van der Waals surface area contributed by atoms with Gasteiger partial charge in [0.2, 0.25) is 15.9 Å². The summed E-state index contributed by atoms with van der Waals surface area (Å²) in [4.78, 5) is 13.9. The van der Waals surface area contributed by atoms with E-state index in [1.165, 1.54) is 0 Å². The lowest BCUT2D eigenvalue weighted by molar-refractivity contribution is -0.134. The fourth-order valence-electron chi connectivity index (χ4n) is 2.29. The molecule has 1 saturated heterocycles. The zero-order valence-corrected chi connectivity index (χ0v) is 13.4. The van der Waals surface area contributed by atoms with Gasteiger partial charge in [0.25, 0.3) is 0 Å². The number of carbonyl (C=O) groups excluding carboxylic acids is 1. The van der Waals surface area contributed by atoms with Crippen molar-refractivity contribution in [3.05, 3.63) is 0 Å². The van der Waals surface area contributed by atoms with Gasteiger partial charge in [-0.1, -0.05) is 6.92 Å². The molecule has 1 amide bonds. The minimum atomic E-state index is -3.44. The number of nitrogens with one attached hydrogen (secondary N) is 1. The standard InChI is InChI=1S/C13H26N2O4S/c1-4-19-7-8-20(17,18)14-9-13(16)15-10-11(2)5-6-12(15)3/h11-12,14H,4-10H2,1-3H3. The lowest BCUT2D eigenvalue weighted by atomic mass is 9.95. The summed E-state index contributed by atoms with van der Waals surface area (Å²) >= 11 is 0. The average Bonchev–Trinajstić information content (AvgIpc) is 2.39. The van der Waals surface area contributed by atoms with E-state index in [0.717, 1.165) is 12.8 Å². The highest BCUT2D eigenvalue weighted by atomic mass is 32.2. The maximum atomic E-state index is 12.1. The van der Waals surface area contributed by atoms with Crippen LogP contribution in [-0.4, -0.2) is 57.3 Å². The number of piperidine rings is 1. The zero-order chi connectivity index (χ0) is 15.2. The Kier molecular flexibility index (Phi) is 6.91. The molecule has 0 spiro atoms. The van der Waals surface area contributed by atoms with E-state index in [1.54, 1.807) is 4.90 Å². The van der Waals surface area contributed by atoms with Crippen molar-refractivity contribution >= 4 is 15.9 Å². The number of sulfonamides is 1. The number of hydrogen-bond donors (Lipinski definition) is 1. The van der Waals surface area contributed by atoms with E-state index in [2.05, 4.69) is 11.6 Å². The van der Waals surface area contributed by atoms with Gasteiger partial charge in [0.1, 0.15) is 0 Å². The highest BCUT2D eigenvalue weighted by Gasteiger charge is 2.27. The first-order valence-corrected chi connectivity index (χ1v) is 8.85. The van der Waals surface area contributed by atoms with Gasteiger partial charge in [0.15, 0.2) is 0 Å². The van der Waals surface area contributed by atoms with Gasteiger partial charge < -0.3 is 9.64 Å². The van der Waals surface area contributed by atoms with Crippen molar-refractivity contribution in [2.45, 2.75) is 39.7 Å². The lowest BCUT2D eigenvalue weighted by Crippen LogP contribution is -2.49.